The average Bonchev–Trinajstić information content (AvgIpc) is 2.60. The number of carbonyl (C=O) groups excluding carboxylic acids is 1. The smallest absolute Gasteiger partial charge is 0.255 e. The molecule has 0 atom stereocenters. The molecular weight excluding hydrogens is 324 g/mol. The molecule has 0 aliphatic carbocycles. The van der Waals surface area contributed by atoms with Gasteiger partial charge in [0.25, 0.3) is 5.91 Å². The molecule has 0 saturated heterocycles. The van der Waals surface area contributed by atoms with Crippen LogP contribution in [0, 0.1) is 0 Å². The summed E-state index contributed by atoms with van der Waals surface area (Å²) < 4.78 is 5.17. The maximum Gasteiger partial charge on any atom is 0.255 e. The summed E-state index contributed by atoms with van der Waals surface area (Å²) in [6.07, 6.45) is 1.63. The molecule has 2 rings (SSSR count). The van der Waals surface area contributed by atoms with E-state index in [9.17, 15) is 4.79 Å². The molecule has 2 aromatic rings. The maximum atomic E-state index is 10.6. The highest BCUT2D eigenvalue weighted by Gasteiger charge is 1.97. The van der Waals surface area contributed by atoms with E-state index in [0.29, 0.717) is 17.4 Å². The van der Waals surface area contributed by atoms with E-state index in [0.717, 1.165) is 11.1 Å². The zero-order valence-electron chi connectivity index (χ0n) is 12.9. The Kier molecular flexibility index (Phi) is 6.73. The first-order valence-corrected chi connectivity index (χ1v) is 7.66. The summed E-state index contributed by atoms with van der Waals surface area (Å²) in [5.41, 5.74) is 9.77. The molecule has 0 aliphatic rings. The van der Waals surface area contributed by atoms with Gasteiger partial charge in [-0.05, 0) is 47.6 Å². The third kappa shape index (κ3) is 6.45. The fraction of sp³-hybridized carbons (Fsp3) is 0.118. The van der Waals surface area contributed by atoms with Crippen molar-refractivity contribution < 1.29 is 9.53 Å². The van der Waals surface area contributed by atoms with Crippen molar-refractivity contribution >= 4 is 29.5 Å². The highest BCUT2D eigenvalue weighted by atomic mass is 32.1. The standard InChI is InChI=1S/C17H18N4O2S/c18-16(22)12-23-15-8-6-14(7-9-15)11-20-21-17(24)19-10-13-4-2-1-3-5-13/h1-9,11H,10,12H2,(H2,18,22)(H2,19,21,24)/b20-11+. The number of amides is 1. The molecule has 7 heteroatoms. The highest BCUT2D eigenvalue weighted by molar-refractivity contribution is 7.80. The van der Waals surface area contributed by atoms with Gasteiger partial charge in [-0.25, -0.2) is 0 Å². The molecule has 24 heavy (non-hydrogen) atoms. The van der Waals surface area contributed by atoms with Crippen LogP contribution >= 0.6 is 12.2 Å². The lowest BCUT2D eigenvalue weighted by molar-refractivity contribution is -0.119. The Morgan fingerprint density at radius 2 is 1.88 bits per heavy atom. The van der Waals surface area contributed by atoms with Gasteiger partial charge >= 0.3 is 0 Å². The van der Waals surface area contributed by atoms with Crippen LogP contribution in [0.4, 0.5) is 0 Å². The number of rotatable bonds is 7. The Bertz CT molecular complexity index is 702. The van der Waals surface area contributed by atoms with Crippen LogP contribution in [0.15, 0.2) is 59.7 Å². The van der Waals surface area contributed by atoms with Gasteiger partial charge in [-0.2, -0.15) is 5.10 Å². The third-order valence-electron chi connectivity index (χ3n) is 2.94. The Labute approximate surface area is 145 Å². The Morgan fingerprint density at radius 3 is 2.54 bits per heavy atom. The van der Waals surface area contributed by atoms with E-state index >= 15 is 0 Å². The monoisotopic (exact) mass is 342 g/mol. The van der Waals surface area contributed by atoms with E-state index in [4.69, 9.17) is 22.7 Å². The predicted octanol–water partition coefficient (Wildman–Crippen LogP) is 1.55. The second-order valence-corrected chi connectivity index (χ2v) is 5.27. The molecule has 0 saturated carbocycles. The molecule has 0 fully saturated rings. The SMILES string of the molecule is NC(=O)COc1ccc(/C=N/NC(=S)NCc2ccccc2)cc1. The lowest BCUT2D eigenvalue weighted by atomic mass is 10.2. The molecule has 124 valence electrons. The number of nitrogens with one attached hydrogen (secondary N) is 2. The van der Waals surface area contributed by atoms with Gasteiger partial charge in [0.2, 0.25) is 0 Å². The van der Waals surface area contributed by atoms with Crippen molar-refractivity contribution in [1.29, 1.82) is 0 Å². The van der Waals surface area contributed by atoms with Gasteiger partial charge in [0, 0.05) is 6.54 Å². The van der Waals surface area contributed by atoms with E-state index in [-0.39, 0.29) is 6.61 Å². The summed E-state index contributed by atoms with van der Waals surface area (Å²) in [4.78, 5) is 10.6. The van der Waals surface area contributed by atoms with Crippen molar-refractivity contribution in [3.05, 3.63) is 65.7 Å². The van der Waals surface area contributed by atoms with Gasteiger partial charge < -0.3 is 15.8 Å². The van der Waals surface area contributed by atoms with Crippen molar-refractivity contribution in [2.75, 3.05) is 6.61 Å². The number of primary amides is 1. The van der Waals surface area contributed by atoms with Crippen molar-refractivity contribution in [1.82, 2.24) is 10.7 Å². The number of nitrogens with zero attached hydrogens (tertiary/aromatic N) is 1. The number of hydrogen-bond acceptors (Lipinski definition) is 4. The predicted molar refractivity (Wildman–Crippen MR) is 97.7 cm³/mol. The molecular formula is C17H18N4O2S. The number of ether oxygens (including phenoxy) is 1. The molecule has 0 heterocycles. The minimum absolute atomic E-state index is 0.143. The van der Waals surface area contributed by atoms with Gasteiger partial charge in [0.1, 0.15) is 5.75 Å². The average molecular weight is 342 g/mol. The van der Waals surface area contributed by atoms with Crippen LogP contribution in [0.2, 0.25) is 0 Å². The van der Waals surface area contributed by atoms with Crippen molar-refractivity contribution in [3.8, 4) is 5.75 Å². The number of hydrazone groups is 1. The third-order valence-corrected chi connectivity index (χ3v) is 3.17. The summed E-state index contributed by atoms with van der Waals surface area (Å²) >= 11 is 5.15. The van der Waals surface area contributed by atoms with Crippen LogP contribution in [0.25, 0.3) is 0 Å². The second-order valence-electron chi connectivity index (χ2n) is 4.86. The van der Waals surface area contributed by atoms with Crippen molar-refractivity contribution in [2.24, 2.45) is 10.8 Å². The minimum Gasteiger partial charge on any atom is -0.484 e. The number of benzene rings is 2. The second kappa shape index (κ2) is 9.26. The molecule has 0 unspecified atom stereocenters. The molecule has 0 bridgehead atoms. The molecule has 6 nitrogen and oxygen atoms in total. The molecule has 2 aromatic carbocycles. The lowest BCUT2D eigenvalue weighted by Crippen LogP contribution is -2.31. The first-order valence-electron chi connectivity index (χ1n) is 7.25. The summed E-state index contributed by atoms with van der Waals surface area (Å²) in [6, 6.07) is 17.0. The van der Waals surface area contributed by atoms with E-state index < -0.39 is 5.91 Å². The molecule has 4 N–H and O–H groups in total. The van der Waals surface area contributed by atoms with Crippen molar-refractivity contribution in [2.45, 2.75) is 6.54 Å². The molecule has 1 amide bonds. The van der Waals surface area contributed by atoms with E-state index in [1.165, 1.54) is 0 Å². The van der Waals surface area contributed by atoms with Crippen LogP contribution in [-0.4, -0.2) is 23.8 Å². The quantitative estimate of drug-likeness (QED) is 0.404. The molecule has 0 radical (unpaired) electrons. The van der Waals surface area contributed by atoms with Crippen LogP contribution < -0.4 is 21.2 Å². The summed E-state index contributed by atoms with van der Waals surface area (Å²) in [6.45, 7) is 0.491. The van der Waals surface area contributed by atoms with Gasteiger partial charge in [-0.15, -0.1) is 0 Å². The van der Waals surface area contributed by atoms with Gasteiger partial charge in [-0.1, -0.05) is 30.3 Å². The van der Waals surface area contributed by atoms with Crippen molar-refractivity contribution in [3.63, 3.8) is 0 Å². The van der Waals surface area contributed by atoms with Gasteiger partial charge in [0.15, 0.2) is 11.7 Å². The number of nitrogens with two attached hydrogens (primary N) is 1. The summed E-state index contributed by atoms with van der Waals surface area (Å²) in [7, 11) is 0. The van der Waals surface area contributed by atoms with Crippen LogP contribution in [0.3, 0.4) is 0 Å². The first-order chi connectivity index (χ1) is 11.6. The Morgan fingerprint density at radius 1 is 1.17 bits per heavy atom. The van der Waals surface area contributed by atoms with Crippen LogP contribution in [0.1, 0.15) is 11.1 Å². The Balaban J connectivity index is 1.74. The zero-order valence-corrected chi connectivity index (χ0v) is 13.8. The topological polar surface area (TPSA) is 88.7 Å². The fourth-order valence-electron chi connectivity index (χ4n) is 1.79. The summed E-state index contributed by atoms with van der Waals surface area (Å²) in [5, 5.41) is 7.57. The van der Waals surface area contributed by atoms with E-state index in [2.05, 4.69) is 15.8 Å². The van der Waals surface area contributed by atoms with Gasteiger partial charge in [-0.3, -0.25) is 10.2 Å². The van der Waals surface area contributed by atoms with E-state index in [1.807, 2.05) is 42.5 Å². The molecule has 0 aliphatic heterocycles. The maximum absolute atomic E-state index is 10.6. The largest absolute Gasteiger partial charge is 0.484 e. The zero-order chi connectivity index (χ0) is 17.2. The number of carbonyl (C=O) groups is 1. The Hall–Kier alpha value is -2.93. The van der Waals surface area contributed by atoms with Crippen LogP contribution in [0.5, 0.6) is 5.75 Å². The first kappa shape index (κ1) is 17.4. The molecule has 0 aromatic heterocycles. The van der Waals surface area contributed by atoms with Gasteiger partial charge in [0.05, 0.1) is 6.21 Å². The summed E-state index contributed by atoms with van der Waals surface area (Å²) in [5.74, 6) is 0.0558. The lowest BCUT2D eigenvalue weighted by Gasteiger charge is -2.06. The number of thiocarbonyl (C=S) groups is 1. The minimum atomic E-state index is -0.513. The molecule has 0 spiro atoms. The number of hydrogen-bond donors (Lipinski definition) is 3. The highest BCUT2D eigenvalue weighted by Crippen LogP contribution is 2.10. The van der Waals surface area contributed by atoms with Crippen LogP contribution in [-0.2, 0) is 11.3 Å². The normalized spacial score (nSPS) is 10.3. The fourth-order valence-corrected chi connectivity index (χ4v) is 1.91. The van der Waals surface area contributed by atoms with E-state index in [1.54, 1.807) is 18.3 Å².